The first-order valence-corrected chi connectivity index (χ1v) is 4.59. The highest BCUT2D eigenvalue weighted by atomic mass is 32.1. The Labute approximate surface area is 71.7 Å². The lowest BCUT2D eigenvalue weighted by Crippen LogP contribution is -2.18. The summed E-state index contributed by atoms with van der Waals surface area (Å²) in [6.07, 6.45) is 1.82. The molecule has 0 saturated heterocycles. The third kappa shape index (κ3) is 3.37. The number of hydrogen-bond donors (Lipinski definition) is 1. The number of thiazole rings is 1. The maximum atomic E-state index is 4.13. The molecule has 0 spiro atoms. The van der Waals surface area contributed by atoms with Gasteiger partial charge >= 0.3 is 0 Å². The molecule has 0 bridgehead atoms. The molecule has 1 N–H and O–H groups in total. The van der Waals surface area contributed by atoms with E-state index in [9.17, 15) is 0 Å². The second kappa shape index (κ2) is 3.22. The zero-order chi connectivity index (χ0) is 8.32. The first-order chi connectivity index (χ1) is 5.08. The number of nitrogens with one attached hydrogen (secondary N) is 1. The third-order valence-corrected chi connectivity index (χ3v) is 1.93. The standard InChI is InChI=1S/C8H14N2S/c1-8(2,3)6-10-7-9-4-5-11-7/h4-5H,6H2,1-3H3,(H,9,10). The summed E-state index contributed by atoms with van der Waals surface area (Å²) >= 11 is 1.64. The highest BCUT2D eigenvalue weighted by Crippen LogP contribution is 2.16. The fourth-order valence-corrected chi connectivity index (χ4v) is 1.18. The summed E-state index contributed by atoms with van der Waals surface area (Å²) in [5.41, 5.74) is 0.325. The molecule has 0 radical (unpaired) electrons. The highest BCUT2D eigenvalue weighted by Gasteiger charge is 2.09. The van der Waals surface area contributed by atoms with Gasteiger partial charge in [-0.15, -0.1) is 11.3 Å². The number of anilines is 1. The molecule has 11 heavy (non-hydrogen) atoms. The average Bonchev–Trinajstić information content (AvgIpc) is 2.32. The molecular formula is C8H14N2S. The molecule has 0 aromatic carbocycles. The zero-order valence-corrected chi connectivity index (χ0v) is 8.03. The summed E-state index contributed by atoms with van der Waals surface area (Å²) in [6.45, 7) is 7.58. The summed E-state index contributed by atoms with van der Waals surface area (Å²) in [5, 5.41) is 6.26. The Kier molecular flexibility index (Phi) is 2.49. The smallest absolute Gasteiger partial charge is 0.182 e. The van der Waals surface area contributed by atoms with Gasteiger partial charge in [0.25, 0.3) is 0 Å². The number of aromatic nitrogens is 1. The van der Waals surface area contributed by atoms with E-state index in [2.05, 4.69) is 31.1 Å². The van der Waals surface area contributed by atoms with Crippen LogP contribution in [0.3, 0.4) is 0 Å². The Morgan fingerprint density at radius 3 is 2.73 bits per heavy atom. The van der Waals surface area contributed by atoms with E-state index < -0.39 is 0 Å². The Morgan fingerprint density at radius 2 is 2.27 bits per heavy atom. The summed E-state index contributed by atoms with van der Waals surface area (Å²) in [5.74, 6) is 0. The summed E-state index contributed by atoms with van der Waals surface area (Å²) in [6, 6.07) is 0. The molecule has 0 amide bonds. The van der Waals surface area contributed by atoms with E-state index in [0.29, 0.717) is 5.41 Å². The molecule has 3 heteroatoms. The molecule has 1 aromatic heterocycles. The minimum absolute atomic E-state index is 0.325. The number of nitrogens with zero attached hydrogens (tertiary/aromatic N) is 1. The SMILES string of the molecule is CC(C)(C)CNc1nccs1. The van der Waals surface area contributed by atoms with Crippen LogP contribution in [0.2, 0.25) is 0 Å². The van der Waals surface area contributed by atoms with Crippen molar-refractivity contribution in [2.24, 2.45) is 5.41 Å². The van der Waals surface area contributed by atoms with Crippen molar-refractivity contribution in [1.29, 1.82) is 0 Å². The van der Waals surface area contributed by atoms with Gasteiger partial charge in [0, 0.05) is 18.1 Å². The van der Waals surface area contributed by atoms with Crippen molar-refractivity contribution in [3.8, 4) is 0 Å². The second-order valence-electron chi connectivity index (χ2n) is 3.75. The quantitative estimate of drug-likeness (QED) is 0.738. The van der Waals surface area contributed by atoms with Crippen LogP contribution in [0, 0.1) is 5.41 Å². The van der Waals surface area contributed by atoms with Gasteiger partial charge in [0.1, 0.15) is 0 Å². The van der Waals surface area contributed by atoms with Crippen molar-refractivity contribution in [3.63, 3.8) is 0 Å². The Morgan fingerprint density at radius 1 is 1.55 bits per heavy atom. The Balaban J connectivity index is 2.35. The van der Waals surface area contributed by atoms with E-state index in [4.69, 9.17) is 0 Å². The largest absolute Gasteiger partial charge is 0.361 e. The van der Waals surface area contributed by atoms with Gasteiger partial charge in [-0.2, -0.15) is 0 Å². The molecule has 0 aliphatic carbocycles. The van der Waals surface area contributed by atoms with Crippen LogP contribution in [0.1, 0.15) is 20.8 Å². The van der Waals surface area contributed by atoms with Crippen LogP contribution in [0.4, 0.5) is 5.13 Å². The number of hydrogen-bond acceptors (Lipinski definition) is 3. The molecule has 1 heterocycles. The molecule has 0 aliphatic heterocycles. The van der Waals surface area contributed by atoms with Crippen LogP contribution in [0.5, 0.6) is 0 Å². The van der Waals surface area contributed by atoms with E-state index in [-0.39, 0.29) is 0 Å². The Hall–Kier alpha value is -0.570. The van der Waals surface area contributed by atoms with Crippen LogP contribution in [0.25, 0.3) is 0 Å². The molecule has 1 aromatic rings. The van der Waals surface area contributed by atoms with E-state index in [0.717, 1.165) is 11.7 Å². The minimum Gasteiger partial charge on any atom is -0.361 e. The van der Waals surface area contributed by atoms with E-state index in [1.54, 1.807) is 11.3 Å². The van der Waals surface area contributed by atoms with E-state index >= 15 is 0 Å². The number of rotatable bonds is 2. The lowest BCUT2D eigenvalue weighted by molar-refractivity contribution is 0.443. The molecule has 1 rings (SSSR count). The Bertz CT molecular complexity index is 198. The normalized spacial score (nSPS) is 11.5. The third-order valence-electron chi connectivity index (χ3n) is 1.20. The maximum Gasteiger partial charge on any atom is 0.182 e. The fraction of sp³-hybridized carbons (Fsp3) is 0.625. The van der Waals surface area contributed by atoms with Gasteiger partial charge in [-0.3, -0.25) is 0 Å². The molecule has 0 atom stereocenters. The monoisotopic (exact) mass is 170 g/mol. The van der Waals surface area contributed by atoms with Crippen molar-refractivity contribution in [2.45, 2.75) is 20.8 Å². The fourth-order valence-electron chi connectivity index (χ4n) is 0.652. The molecular weight excluding hydrogens is 156 g/mol. The summed E-state index contributed by atoms with van der Waals surface area (Å²) < 4.78 is 0. The van der Waals surface area contributed by atoms with Gasteiger partial charge in [0.2, 0.25) is 0 Å². The molecule has 0 fully saturated rings. The van der Waals surface area contributed by atoms with E-state index in [1.807, 2.05) is 11.6 Å². The van der Waals surface area contributed by atoms with Gasteiger partial charge in [-0.25, -0.2) is 4.98 Å². The van der Waals surface area contributed by atoms with Crippen LogP contribution in [0.15, 0.2) is 11.6 Å². The van der Waals surface area contributed by atoms with Gasteiger partial charge in [0.15, 0.2) is 5.13 Å². The van der Waals surface area contributed by atoms with Crippen molar-refractivity contribution in [1.82, 2.24) is 4.98 Å². The second-order valence-corrected chi connectivity index (χ2v) is 4.65. The van der Waals surface area contributed by atoms with Crippen molar-refractivity contribution < 1.29 is 0 Å². The van der Waals surface area contributed by atoms with Crippen molar-refractivity contribution in [2.75, 3.05) is 11.9 Å². The first-order valence-electron chi connectivity index (χ1n) is 3.71. The van der Waals surface area contributed by atoms with Crippen LogP contribution in [-0.4, -0.2) is 11.5 Å². The molecule has 0 unspecified atom stereocenters. The van der Waals surface area contributed by atoms with Crippen molar-refractivity contribution in [3.05, 3.63) is 11.6 Å². The first kappa shape index (κ1) is 8.53. The van der Waals surface area contributed by atoms with Crippen LogP contribution >= 0.6 is 11.3 Å². The van der Waals surface area contributed by atoms with Gasteiger partial charge in [0.05, 0.1) is 0 Å². The molecule has 62 valence electrons. The highest BCUT2D eigenvalue weighted by molar-refractivity contribution is 7.13. The van der Waals surface area contributed by atoms with E-state index in [1.165, 1.54) is 0 Å². The predicted octanol–water partition coefficient (Wildman–Crippen LogP) is 2.60. The van der Waals surface area contributed by atoms with Gasteiger partial charge in [-0.1, -0.05) is 20.8 Å². The molecule has 2 nitrogen and oxygen atoms in total. The maximum absolute atomic E-state index is 4.13. The average molecular weight is 170 g/mol. The van der Waals surface area contributed by atoms with Gasteiger partial charge in [-0.05, 0) is 5.41 Å². The molecule has 0 aliphatic rings. The van der Waals surface area contributed by atoms with Crippen LogP contribution < -0.4 is 5.32 Å². The predicted molar refractivity (Wildman–Crippen MR) is 50.1 cm³/mol. The zero-order valence-electron chi connectivity index (χ0n) is 7.22. The lowest BCUT2D eigenvalue weighted by atomic mass is 9.97. The minimum atomic E-state index is 0.325. The summed E-state index contributed by atoms with van der Waals surface area (Å²) in [4.78, 5) is 4.13. The summed E-state index contributed by atoms with van der Waals surface area (Å²) in [7, 11) is 0. The van der Waals surface area contributed by atoms with Gasteiger partial charge < -0.3 is 5.32 Å². The van der Waals surface area contributed by atoms with Crippen molar-refractivity contribution >= 4 is 16.5 Å². The topological polar surface area (TPSA) is 24.9 Å². The van der Waals surface area contributed by atoms with Crippen LogP contribution in [-0.2, 0) is 0 Å². The lowest BCUT2D eigenvalue weighted by Gasteiger charge is -2.17. The molecule has 0 saturated carbocycles.